The molecule has 5 rings (SSSR count). The fourth-order valence-electron chi connectivity index (χ4n) is 3.62. The van der Waals surface area contributed by atoms with Crippen molar-refractivity contribution in [1.29, 1.82) is 0 Å². The average molecular weight is 335 g/mol. The molecule has 0 bridgehead atoms. The molecule has 1 saturated heterocycles. The van der Waals surface area contributed by atoms with Crippen LogP contribution < -0.4 is 5.32 Å². The van der Waals surface area contributed by atoms with Gasteiger partial charge in [0.2, 0.25) is 0 Å². The summed E-state index contributed by atoms with van der Waals surface area (Å²) in [5.74, 6) is 1.28. The van der Waals surface area contributed by atoms with Gasteiger partial charge >= 0.3 is 0 Å². The van der Waals surface area contributed by atoms with Crippen LogP contribution in [0.25, 0.3) is 11.2 Å². The van der Waals surface area contributed by atoms with Crippen LogP contribution in [0, 0.1) is 0 Å². The van der Waals surface area contributed by atoms with Crippen LogP contribution in [0.5, 0.6) is 0 Å². The lowest BCUT2D eigenvalue weighted by atomic mass is 9.96. The zero-order valence-electron chi connectivity index (χ0n) is 14.0. The molecule has 2 atom stereocenters. The highest BCUT2D eigenvalue weighted by Crippen LogP contribution is 2.37. The predicted molar refractivity (Wildman–Crippen MR) is 95.6 cm³/mol. The molecule has 3 aromatic rings. The minimum atomic E-state index is 0.195. The van der Waals surface area contributed by atoms with Crippen LogP contribution >= 0.6 is 0 Å². The number of ether oxygens (including phenoxy) is 1. The van der Waals surface area contributed by atoms with E-state index in [1.807, 2.05) is 6.33 Å². The lowest BCUT2D eigenvalue weighted by molar-refractivity contribution is 0.119. The molecule has 0 unspecified atom stereocenters. The third-order valence-electron chi connectivity index (χ3n) is 5.15. The average Bonchev–Trinajstić information content (AvgIpc) is 3.23. The van der Waals surface area contributed by atoms with E-state index in [2.05, 4.69) is 55.2 Å². The van der Waals surface area contributed by atoms with Crippen molar-refractivity contribution in [2.24, 2.45) is 0 Å². The van der Waals surface area contributed by atoms with E-state index >= 15 is 0 Å². The Kier molecular flexibility index (Phi) is 3.63. The molecule has 0 spiro atoms. The molecule has 1 aliphatic heterocycles. The van der Waals surface area contributed by atoms with Crippen molar-refractivity contribution in [2.75, 3.05) is 18.5 Å². The van der Waals surface area contributed by atoms with Crippen molar-refractivity contribution < 1.29 is 4.74 Å². The molecule has 128 valence electrons. The summed E-state index contributed by atoms with van der Waals surface area (Å²) in [4.78, 5) is 13.3. The minimum absolute atomic E-state index is 0.195. The van der Waals surface area contributed by atoms with Gasteiger partial charge in [-0.1, -0.05) is 30.3 Å². The zero-order chi connectivity index (χ0) is 16.6. The molecule has 0 radical (unpaired) electrons. The summed E-state index contributed by atoms with van der Waals surface area (Å²) < 4.78 is 8.14. The van der Waals surface area contributed by atoms with Crippen LogP contribution in [-0.4, -0.2) is 38.8 Å². The summed E-state index contributed by atoms with van der Waals surface area (Å²) in [5.41, 5.74) is 3.14. The number of nitrogens with one attached hydrogen (secondary N) is 1. The first-order valence-electron chi connectivity index (χ1n) is 8.96. The Morgan fingerprint density at radius 1 is 1.12 bits per heavy atom. The van der Waals surface area contributed by atoms with E-state index in [4.69, 9.17) is 4.74 Å². The first-order chi connectivity index (χ1) is 12.4. The number of nitrogens with zero attached hydrogens (tertiary/aromatic N) is 4. The van der Waals surface area contributed by atoms with E-state index in [0.29, 0.717) is 12.0 Å². The number of hydrogen-bond acceptors (Lipinski definition) is 5. The van der Waals surface area contributed by atoms with Crippen molar-refractivity contribution in [1.82, 2.24) is 19.5 Å². The Hall–Kier alpha value is -2.47. The summed E-state index contributed by atoms with van der Waals surface area (Å²) in [7, 11) is 0. The summed E-state index contributed by atoms with van der Waals surface area (Å²) in [6, 6.07) is 11.2. The van der Waals surface area contributed by atoms with Gasteiger partial charge in [0.25, 0.3) is 0 Å². The second-order valence-electron chi connectivity index (χ2n) is 6.96. The molecule has 0 amide bonds. The largest absolute Gasteiger partial charge is 0.376 e. The molecule has 2 aliphatic rings. The summed E-state index contributed by atoms with van der Waals surface area (Å²) in [5, 5.41) is 3.42. The van der Waals surface area contributed by atoms with Crippen LogP contribution in [0.3, 0.4) is 0 Å². The van der Waals surface area contributed by atoms with Gasteiger partial charge in [-0.05, 0) is 24.8 Å². The van der Waals surface area contributed by atoms with Crippen LogP contribution in [0.1, 0.15) is 36.8 Å². The van der Waals surface area contributed by atoms with Crippen molar-refractivity contribution in [3.63, 3.8) is 0 Å². The number of hydrogen-bond donors (Lipinski definition) is 1. The molecular weight excluding hydrogens is 314 g/mol. The molecule has 25 heavy (non-hydrogen) atoms. The molecule has 2 aromatic heterocycles. The smallest absolute Gasteiger partial charge is 0.165 e. The Labute approximate surface area is 146 Å². The number of anilines is 1. The van der Waals surface area contributed by atoms with Gasteiger partial charge in [-0.25, -0.2) is 15.0 Å². The van der Waals surface area contributed by atoms with E-state index in [1.165, 1.54) is 18.4 Å². The van der Waals surface area contributed by atoms with Gasteiger partial charge in [-0.3, -0.25) is 0 Å². The maximum atomic E-state index is 5.98. The first kappa shape index (κ1) is 14.8. The SMILES string of the molecule is c1ccc([C@@H]2CO[C@H](CNc3ncnc4c3ncn4C3CC3)C2)cc1. The number of rotatable bonds is 5. The highest BCUT2D eigenvalue weighted by atomic mass is 16.5. The van der Waals surface area contributed by atoms with Gasteiger partial charge in [0.05, 0.1) is 19.0 Å². The van der Waals surface area contributed by atoms with Gasteiger partial charge in [0.1, 0.15) is 11.8 Å². The van der Waals surface area contributed by atoms with Gasteiger partial charge in [-0.2, -0.15) is 0 Å². The maximum absolute atomic E-state index is 5.98. The lowest BCUT2D eigenvalue weighted by Gasteiger charge is -2.12. The maximum Gasteiger partial charge on any atom is 0.165 e. The van der Waals surface area contributed by atoms with E-state index in [0.717, 1.165) is 36.6 Å². The van der Waals surface area contributed by atoms with Gasteiger partial charge in [0.15, 0.2) is 11.5 Å². The summed E-state index contributed by atoms with van der Waals surface area (Å²) in [6.45, 7) is 1.53. The Morgan fingerprint density at radius 2 is 2.00 bits per heavy atom. The van der Waals surface area contributed by atoms with Crippen molar-refractivity contribution >= 4 is 17.0 Å². The third kappa shape index (κ3) is 2.87. The normalized spacial score (nSPS) is 23.2. The molecule has 6 heteroatoms. The van der Waals surface area contributed by atoms with E-state index in [-0.39, 0.29) is 6.10 Å². The lowest BCUT2D eigenvalue weighted by Crippen LogP contribution is -2.19. The second-order valence-corrected chi connectivity index (χ2v) is 6.96. The predicted octanol–water partition coefficient (Wildman–Crippen LogP) is 3.15. The number of benzene rings is 1. The molecule has 3 heterocycles. The van der Waals surface area contributed by atoms with Crippen molar-refractivity contribution in [3.8, 4) is 0 Å². The molecule has 1 aromatic carbocycles. The monoisotopic (exact) mass is 335 g/mol. The minimum Gasteiger partial charge on any atom is -0.376 e. The van der Waals surface area contributed by atoms with Gasteiger partial charge < -0.3 is 14.6 Å². The Morgan fingerprint density at radius 3 is 2.84 bits per heavy atom. The van der Waals surface area contributed by atoms with Gasteiger partial charge in [0, 0.05) is 18.5 Å². The van der Waals surface area contributed by atoms with E-state index < -0.39 is 0 Å². The molecule has 1 aliphatic carbocycles. The highest BCUT2D eigenvalue weighted by molar-refractivity contribution is 5.82. The van der Waals surface area contributed by atoms with Crippen molar-refractivity contribution in [2.45, 2.75) is 37.3 Å². The second kappa shape index (κ2) is 6.11. The summed E-state index contributed by atoms with van der Waals surface area (Å²) in [6.07, 6.45) is 7.17. The first-order valence-corrected chi connectivity index (χ1v) is 8.96. The van der Waals surface area contributed by atoms with E-state index in [9.17, 15) is 0 Å². The Bertz CT molecular complexity index is 874. The van der Waals surface area contributed by atoms with Crippen LogP contribution in [0.15, 0.2) is 43.0 Å². The zero-order valence-corrected chi connectivity index (χ0v) is 14.0. The van der Waals surface area contributed by atoms with E-state index in [1.54, 1.807) is 6.33 Å². The summed E-state index contributed by atoms with van der Waals surface area (Å²) >= 11 is 0. The van der Waals surface area contributed by atoms with Crippen LogP contribution in [0.2, 0.25) is 0 Å². The fourth-order valence-corrected chi connectivity index (χ4v) is 3.62. The topological polar surface area (TPSA) is 64.9 Å². The highest BCUT2D eigenvalue weighted by Gasteiger charge is 2.28. The molecular formula is C19H21N5O. The standard InChI is InChI=1S/C19H21N5O/c1-2-4-13(5-3-1)14-8-16(25-10-14)9-20-18-17-19(22-11-21-18)24(12-23-17)15-6-7-15/h1-5,11-12,14-16H,6-10H2,(H,20,21,22)/t14-,16-/m0/s1. The molecule has 2 fully saturated rings. The third-order valence-corrected chi connectivity index (χ3v) is 5.15. The number of aromatic nitrogens is 4. The van der Waals surface area contributed by atoms with Crippen molar-refractivity contribution in [3.05, 3.63) is 48.5 Å². The number of imidazole rings is 1. The quantitative estimate of drug-likeness (QED) is 0.776. The van der Waals surface area contributed by atoms with Crippen LogP contribution in [0.4, 0.5) is 5.82 Å². The fraction of sp³-hybridized carbons (Fsp3) is 0.421. The van der Waals surface area contributed by atoms with Gasteiger partial charge in [-0.15, -0.1) is 0 Å². The molecule has 1 N–H and O–H groups in total. The van der Waals surface area contributed by atoms with Crippen LogP contribution in [-0.2, 0) is 4.74 Å². The number of fused-ring (bicyclic) bond motifs is 1. The Balaban J connectivity index is 1.27. The molecule has 1 saturated carbocycles. The molecule has 6 nitrogen and oxygen atoms in total.